The molecule has 0 atom stereocenters. The van der Waals surface area contributed by atoms with Gasteiger partial charge in [-0.1, -0.05) is 127 Å². The second kappa shape index (κ2) is 10.7. The van der Waals surface area contributed by atoms with Gasteiger partial charge in [0.2, 0.25) is 5.95 Å². The van der Waals surface area contributed by atoms with Gasteiger partial charge in [0.05, 0.1) is 22.1 Å². The summed E-state index contributed by atoms with van der Waals surface area (Å²) >= 11 is 0. The Hall–Kier alpha value is -7.05. The molecule has 0 radical (unpaired) electrons. The van der Waals surface area contributed by atoms with Crippen LogP contribution in [-0.2, 0) is 0 Å². The summed E-state index contributed by atoms with van der Waals surface area (Å²) in [5.74, 6) is 1.73. The lowest BCUT2D eigenvalue weighted by Gasteiger charge is -2.13. The first-order chi connectivity index (χ1) is 25.3. The van der Waals surface area contributed by atoms with Crippen LogP contribution in [0.1, 0.15) is 0 Å². The van der Waals surface area contributed by atoms with Crippen molar-refractivity contribution in [2.24, 2.45) is 0 Å². The summed E-state index contributed by atoms with van der Waals surface area (Å²) < 4.78 is 10.9. The number of fused-ring (bicyclic) bond motifs is 10. The second-order valence-corrected chi connectivity index (χ2v) is 12.8. The zero-order valence-corrected chi connectivity index (χ0v) is 27.2. The molecule has 0 aliphatic rings. The van der Waals surface area contributed by atoms with Crippen LogP contribution in [0.5, 0.6) is 0 Å². The largest absolute Gasteiger partial charge is 0.456 e. The smallest absolute Gasteiger partial charge is 0.238 e. The van der Waals surface area contributed by atoms with Gasteiger partial charge >= 0.3 is 0 Å². The van der Waals surface area contributed by atoms with Gasteiger partial charge in [-0.25, -0.2) is 4.98 Å². The van der Waals surface area contributed by atoms with E-state index in [0.29, 0.717) is 17.6 Å². The molecule has 0 spiro atoms. The summed E-state index contributed by atoms with van der Waals surface area (Å²) in [6.45, 7) is 0. The Labute approximate surface area is 291 Å². The minimum absolute atomic E-state index is 0.548. The van der Waals surface area contributed by atoms with Gasteiger partial charge in [0.25, 0.3) is 0 Å². The SMILES string of the molecule is c1ccc(-c2nc(-c3cccc4oc5ccccc5c34)nc(-n3c4ccccc4c4ccc5c6ccccc6n(-c6ccccc6)c5c43)n2)cc1. The molecule has 0 unspecified atom stereocenters. The Bertz CT molecular complexity index is 3140. The molecule has 0 aliphatic carbocycles. The normalized spacial score (nSPS) is 11.9. The Kier molecular flexibility index (Phi) is 5.86. The number of hydrogen-bond donors (Lipinski definition) is 0. The van der Waals surface area contributed by atoms with Gasteiger partial charge in [0.1, 0.15) is 11.2 Å². The lowest BCUT2D eigenvalue weighted by molar-refractivity contribution is 0.669. The van der Waals surface area contributed by atoms with Crippen LogP contribution in [0.3, 0.4) is 0 Å². The first-order valence-electron chi connectivity index (χ1n) is 17.0. The highest BCUT2D eigenvalue weighted by Gasteiger charge is 2.24. The van der Waals surface area contributed by atoms with Gasteiger partial charge in [-0.2, -0.15) is 9.97 Å². The second-order valence-electron chi connectivity index (χ2n) is 12.8. The van der Waals surface area contributed by atoms with E-state index >= 15 is 0 Å². The number of rotatable bonds is 4. The standard InChI is InChI=1S/C45H27N5O/c1-3-14-28(15-4-1)43-46-44(35-21-13-25-39-40(35)34-20-9-12-24-38(34)51-39)48-45(47-43)50-37-23-11-8-19-31(37)33-27-26-32-30-18-7-10-22-36(30)49(41(32)42(33)50)29-16-5-2-6-17-29/h1-27H. The topological polar surface area (TPSA) is 61.7 Å². The first-order valence-corrected chi connectivity index (χ1v) is 17.0. The van der Waals surface area contributed by atoms with Gasteiger partial charge in [-0.05, 0) is 36.4 Å². The average molecular weight is 654 g/mol. The molecule has 6 heteroatoms. The lowest BCUT2D eigenvalue weighted by Crippen LogP contribution is -2.07. The van der Waals surface area contributed by atoms with Crippen molar-refractivity contribution in [1.29, 1.82) is 0 Å². The molecule has 0 fully saturated rings. The number of benzene rings is 7. The average Bonchev–Trinajstić information content (AvgIpc) is 3.86. The van der Waals surface area contributed by atoms with Crippen molar-refractivity contribution in [3.63, 3.8) is 0 Å². The minimum Gasteiger partial charge on any atom is -0.456 e. The number of para-hydroxylation sites is 4. The lowest BCUT2D eigenvalue weighted by atomic mass is 10.1. The fraction of sp³-hybridized carbons (Fsp3) is 0. The van der Waals surface area contributed by atoms with E-state index in [2.05, 4.69) is 112 Å². The van der Waals surface area contributed by atoms with Crippen LogP contribution in [0.2, 0.25) is 0 Å². The Morgan fingerprint density at radius 2 is 0.961 bits per heavy atom. The molecular formula is C45H27N5O. The molecule has 11 aromatic rings. The summed E-state index contributed by atoms with van der Waals surface area (Å²) in [6.07, 6.45) is 0. The molecule has 0 saturated heterocycles. The molecule has 0 saturated carbocycles. The third-order valence-corrected chi connectivity index (χ3v) is 9.98. The molecule has 0 aliphatic heterocycles. The Morgan fingerprint density at radius 3 is 1.71 bits per heavy atom. The molecular weight excluding hydrogens is 627 g/mol. The van der Waals surface area contributed by atoms with Gasteiger partial charge < -0.3 is 8.98 Å². The van der Waals surface area contributed by atoms with E-state index < -0.39 is 0 Å². The van der Waals surface area contributed by atoms with Crippen molar-refractivity contribution in [3.8, 4) is 34.4 Å². The van der Waals surface area contributed by atoms with Gasteiger partial charge in [0, 0.05) is 49.1 Å². The Morgan fingerprint density at radius 1 is 0.392 bits per heavy atom. The maximum Gasteiger partial charge on any atom is 0.238 e. The summed E-state index contributed by atoms with van der Waals surface area (Å²) in [4.78, 5) is 15.8. The van der Waals surface area contributed by atoms with Crippen LogP contribution in [0.15, 0.2) is 168 Å². The molecule has 4 aromatic heterocycles. The summed E-state index contributed by atoms with van der Waals surface area (Å²) in [5.41, 5.74) is 8.82. The quantitative estimate of drug-likeness (QED) is 0.190. The summed E-state index contributed by atoms with van der Waals surface area (Å²) in [6, 6.07) is 56.6. The van der Waals surface area contributed by atoms with E-state index in [1.54, 1.807) is 0 Å². The predicted octanol–water partition coefficient (Wildman–Crippen LogP) is 11.3. The third-order valence-electron chi connectivity index (χ3n) is 9.98. The number of aromatic nitrogens is 5. The van der Waals surface area contributed by atoms with Crippen molar-refractivity contribution in [1.82, 2.24) is 24.1 Å². The number of nitrogens with zero attached hydrogens (tertiary/aromatic N) is 5. The monoisotopic (exact) mass is 653 g/mol. The predicted molar refractivity (Wildman–Crippen MR) is 207 cm³/mol. The maximum absolute atomic E-state index is 6.30. The molecule has 4 heterocycles. The third kappa shape index (κ3) is 4.07. The highest BCUT2D eigenvalue weighted by atomic mass is 16.3. The van der Waals surface area contributed by atoms with E-state index in [1.165, 1.54) is 10.8 Å². The van der Waals surface area contributed by atoms with E-state index in [-0.39, 0.29) is 0 Å². The molecule has 0 N–H and O–H groups in total. The fourth-order valence-corrected chi connectivity index (χ4v) is 7.82. The van der Waals surface area contributed by atoms with Crippen molar-refractivity contribution >= 4 is 65.6 Å². The minimum atomic E-state index is 0.548. The molecule has 51 heavy (non-hydrogen) atoms. The molecule has 7 aromatic carbocycles. The summed E-state index contributed by atoms with van der Waals surface area (Å²) in [5, 5.41) is 6.62. The van der Waals surface area contributed by atoms with Crippen LogP contribution in [0, 0.1) is 0 Å². The molecule has 0 bridgehead atoms. The molecule has 6 nitrogen and oxygen atoms in total. The molecule has 238 valence electrons. The van der Waals surface area contributed by atoms with Crippen LogP contribution in [0.25, 0.3) is 100.0 Å². The fourth-order valence-electron chi connectivity index (χ4n) is 7.82. The van der Waals surface area contributed by atoms with Crippen molar-refractivity contribution in [3.05, 3.63) is 164 Å². The van der Waals surface area contributed by atoms with Crippen LogP contribution in [0.4, 0.5) is 0 Å². The van der Waals surface area contributed by atoms with Crippen molar-refractivity contribution in [2.75, 3.05) is 0 Å². The Balaban J connectivity index is 1.31. The van der Waals surface area contributed by atoms with Crippen LogP contribution >= 0.6 is 0 Å². The highest BCUT2D eigenvalue weighted by molar-refractivity contribution is 6.23. The van der Waals surface area contributed by atoms with E-state index in [1.807, 2.05) is 60.7 Å². The van der Waals surface area contributed by atoms with Crippen molar-refractivity contribution in [2.45, 2.75) is 0 Å². The maximum atomic E-state index is 6.30. The number of hydrogen-bond acceptors (Lipinski definition) is 4. The number of furan rings is 1. The van der Waals surface area contributed by atoms with Crippen molar-refractivity contribution < 1.29 is 4.42 Å². The van der Waals surface area contributed by atoms with E-state index in [9.17, 15) is 0 Å². The summed E-state index contributed by atoms with van der Waals surface area (Å²) in [7, 11) is 0. The van der Waals surface area contributed by atoms with Gasteiger partial charge in [-0.15, -0.1) is 0 Å². The first kappa shape index (κ1) is 27.9. The van der Waals surface area contributed by atoms with Crippen LogP contribution in [-0.4, -0.2) is 24.1 Å². The zero-order chi connectivity index (χ0) is 33.5. The van der Waals surface area contributed by atoms with E-state index in [0.717, 1.165) is 71.6 Å². The van der Waals surface area contributed by atoms with Crippen LogP contribution < -0.4 is 0 Å². The molecule has 11 rings (SSSR count). The van der Waals surface area contributed by atoms with E-state index in [4.69, 9.17) is 19.4 Å². The van der Waals surface area contributed by atoms with Gasteiger partial charge in [0.15, 0.2) is 11.6 Å². The highest BCUT2D eigenvalue weighted by Crippen LogP contribution is 2.42. The molecule has 0 amide bonds. The van der Waals surface area contributed by atoms with Gasteiger partial charge in [-0.3, -0.25) is 4.57 Å². The zero-order valence-electron chi connectivity index (χ0n) is 27.2.